The van der Waals surface area contributed by atoms with Gasteiger partial charge in [-0.25, -0.2) is 4.98 Å². The number of fused-ring (bicyclic) bond motifs is 1. The van der Waals surface area contributed by atoms with Gasteiger partial charge in [0.15, 0.2) is 0 Å². The standard InChI is InChI=1S/C25H29F3N2O4/c1-15(23(32)33)21(31)17-6-5-16-7-10-24(34-20(16)14-17)11-8-18(9-12-24)30(2)22-19(25(26,27)28)4-3-13-29-22/h3-6,13-15,18,21,31H,7-12H2,1-2H3,(H,32,33)/t15-,18?,21+,24?/m0/s1. The zero-order chi connectivity index (χ0) is 24.7. The third kappa shape index (κ3) is 4.71. The highest BCUT2D eigenvalue weighted by Crippen LogP contribution is 2.45. The number of hydrogen-bond acceptors (Lipinski definition) is 5. The molecular weight excluding hydrogens is 449 g/mol. The van der Waals surface area contributed by atoms with Crippen LogP contribution < -0.4 is 9.64 Å². The number of aliphatic hydroxyl groups is 1. The highest BCUT2D eigenvalue weighted by atomic mass is 19.4. The minimum Gasteiger partial charge on any atom is -0.487 e. The Balaban J connectivity index is 1.47. The van der Waals surface area contributed by atoms with Crippen molar-refractivity contribution in [3.63, 3.8) is 0 Å². The highest BCUT2D eigenvalue weighted by molar-refractivity contribution is 5.70. The number of aliphatic carboxylic acids is 1. The van der Waals surface area contributed by atoms with Crippen molar-refractivity contribution in [2.75, 3.05) is 11.9 Å². The fraction of sp³-hybridized carbons (Fsp3) is 0.520. The van der Waals surface area contributed by atoms with Gasteiger partial charge < -0.3 is 19.8 Å². The molecule has 2 aliphatic rings. The minimum absolute atomic E-state index is 0.0583. The maximum atomic E-state index is 13.4. The molecule has 1 aromatic carbocycles. The number of benzene rings is 1. The summed E-state index contributed by atoms with van der Waals surface area (Å²) in [6.45, 7) is 1.46. The first-order valence-corrected chi connectivity index (χ1v) is 11.5. The number of alkyl halides is 3. The lowest BCUT2D eigenvalue weighted by Crippen LogP contribution is -2.47. The summed E-state index contributed by atoms with van der Waals surface area (Å²) in [6, 6.07) is 7.60. The van der Waals surface area contributed by atoms with Crippen LogP contribution in [0.25, 0.3) is 0 Å². The van der Waals surface area contributed by atoms with E-state index in [9.17, 15) is 28.2 Å². The number of aromatic nitrogens is 1. The van der Waals surface area contributed by atoms with Crippen molar-refractivity contribution in [2.45, 2.75) is 69.4 Å². The Labute approximate surface area is 196 Å². The van der Waals surface area contributed by atoms with Gasteiger partial charge in [-0.15, -0.1) is 0 Å². The van der Waals surface area contributed by atoms with Crippen LogP contribution in [0, 0.1) is 5.92 Å². The van der Waals surface area contributed by atoms with Crippen molar-refractivity contribution in [2.24, 2.45) is 5.92 Å². The van der Waals surface area contributed by atoms with Crippen LogP contribution in [0.15, 0.2) is 36.5 Å². The van der Waals surface area contributed by atoms with Crippen molar-refractivity contribution in [1.82, 2.24) is 4.98 Å². The minimum atomic E-state index is -4.47. The molecule has 2 N–H and O–H groups in total. The lowest BCUT2D eigenvalue weighted by molar-refractivity contribution is -0.145. The van der Waals surface area contributed by atoms with Crippen LogP contribution in [0.3, 0.4) is 0 Å². The molecule has 2 heterocycles. The predicted octanol–water partition coefficient (Wildman–Crippen LogP) is 5.00. The molecule has 184 valence electrons. The number of anilines is 1. The average molecular weight is 479 g/mol. The van der Waals surface area contributed by atoms with Crippen LogP contribution in [0.5, 0.6) is 5.75 Å². The van der Waals surface area contributed by atoms with Crippen LogP contribution in [0.4, 0.5) is 19.0 Å². The van der Waals surface area contributed by atoms with E-state index in [4.69, 9.17) is 4.74 Å². The van der Waals surface area contributed by atoms with Crippen molar-refractivity contribution >= 4 is 11.8 Å². The second-order valence-electron chi connectivity index (χ2n) is 9.44. The van der Waals surface area contributed by atoms with E-state index in [1.54, 1.807) is 24.1 Å². The molecule has 0 saturated heterocycles. The summed E-state index contributed by atoms with van der Waals surface area (Å²) in [7, 11) is 1.66. The van der Waals surface area contributed by atoms with Crippen LogP contribution in [-0.2, 0) is 17.4 Å². The van der Waals surface area contributed by atoms with Crippen molar-refractivity contribution in [3.05, 3.63) is 53.2 Å². The fourth-order valence-corrected chi connectivity index (χ4v) is 5.07. The Bertz CT molecular complexity index is 1050. The van der Waals surface area contributed by atoms with E-state index in [0.29, 0.717) is 37.0 Å². The molecule has 2 atom stereocenters. The largest absolute Gasteiger partial charge is 0.487 e. The number of aliphatic hydroxyl groups excluding tert-OH is 1. The second kappa shape index (κ2) is 9.09. The molecule has 1 spiro atoms. The zero-order valence-electron chi connectivity index (χ0n) is 19.2. The quantitative estimate of drug-likeness (QED) is 0.630. The molecule has 1 aliphatic carbocycles. The molecule has 4 rings (SSSR count). The van der Waals surface area contributed by atoms with Gasteiger partial charge in [0.05, 0.1) is 17.6 Å². The maximum Gasteiger partial charge on any atom is 0.419 e. The molecule has 9 heteroatoms. The first-order chi connectivity index (χ1) is 16.0. The molecule has 0 bridgehead atoms. The second-order valence-corrected chi connectivity index (χ2v) is 9.44. The Morgan fingerprint density at radius 3 is 2.59 bits per heavy atom. The molecule has 1 saturated carbocycles. The topological polar surface area (TPSA) is 82.9 Å². The van der Waals surface area contributed by atoms with E-state index in [1.165, 1.54) is 19.2 Å². The number of rotatable bonds is 5. The monoisotopic (exact) mass is 478 g/mol. The van der Waals surface area contributed by atoms with Gasteiger partial charge in [0, 0.05) is 19.3 Å². The van der Waals surface area contributed by atoms with Crippen molar-refractivity contribution in [3.8, 4) is 5.75 Å². The normalized spacial score (nSPS) is 24.1. The van der Waals surface area contributed by atoms with Crippen LogP contribution >= 0.6 is 0 Å². The van der Waals surface area contributed by atoms with E-state index in [2.05, 4.69) is 4.98 Å². The lowest BCUT2D eigenvalue weighted by Gasteiger charge is -2.45. The van der Waals surface area contributed by atoms with Gasteiger partial charge in [0.25, 0.3) is 0 Å². The molecule has 0 radical (unpaired) electrons. The third-order valence-corrected chi connectivity index (χ3v) is 7.31. The van der Waals surface area contributed by atoms with E-state index >= 15 is 0 Å². The van der Waals surface area contributed by atoms with Gasteiger partial charge in [-0.2, -0.15) is 13.2 Å². The Morgan fingerprint density at radius 1 is 1.24 bits per heavy atom. The summed E-state index contributed by atoms with van der Waals surface area (Å²) in [5, 5.41) is 19.6. The number of carbonyl (C=O) groups is 1. The third-order valence-electron chi connectivity index (χ3n) is 7.31. The number of nitrogens with zero attached hydrogens (tertiary/aromatic N) is 2. The van der Waals surface area contributed by atoms with Gasteiger partial charge in [-0.05, 0) is 74.8 Å². The summed E-state index contributed by atoms with van der Waals surface area (Å²) >= 11 is 0. The predicted molar refractivity (Wildman–Crippen MR) is 120 cm³/mol. The fourth-order valence-electron chi connectivity index (χ4n) is 5.07. The number of hydrogen-bond donors (Lipinski definition) is 2. The van der Waals surface area contributed by atoms with Crippen molar-refractivity contribution < 1.29 is 32.9 Å². The van der Waals surface area contributed by atoms with Crippen molar-refractivity contribution in [1.29, 1.82) is 0 Å². The Morgan fingerprint density at radius 2 is 1.94 bits per heavy atom. The van der Waals surface area contributed by atoms with Gasteiger partial charge in [-0.1, -0.05) is 12.1 Å². The van der Waals surface area contributed by atoms with E-state index < -0.39 is 35.3 Å². The first-order valence-electron chi connectivity index (χ1n) is 11.5. The van der Waals surface area contributed by atoms with E-state index in [-0.39, 0.29) is 11.9 Å². The SMILES string of the molecule is C[C@H](C(=O)O)[C@@H](O)c1ccc2c(c1)OC1(CC2)CCC(N(C)c2ncccc2C(F)(F)F)CC1. The Kier molecular flexibility index (Phi) is 6.50. The van der Waals surface area contributed by atoms with Crippen LogP contribution in [-0.4, -0.2) is 39.9 Å². The van der Waals surface area contributed by atoms with Gasteiger partial charge >= 0.3 is 12.1 Å². The summed E-state index contributed by atoms with van der Waals surface area (Å²) in [5.41, 5.74) is 0.354. The lowest BCUT2D eigenvalue weighted by atomic mass is 9.76. The number of halogens is 3. The van der Waals surface area contributed by atoms with E-state index in [0.717, 1.165) is 24.5 Å². The molecule has 1 fully saturated rings. The number of pyridine rings is 1. The van der Waals surface area contributed by atoms with Crippen LogP contribution in [0.2, 0.25) is 0 Å². The molecule has 34 heavy (non-hydrogen) atoms. The molecule has 0 unspecified atom stereocenters. The zero-order valence-corrected chi connectivity index (χ0v) is 19.2. The van der Waals surface area contributed by atoms with E-state index in [1.807, 2.05) is 6.07 Å². The highest BCUT2D eigenvalue weighted by Gasteiger charge is 2.42. The maximum absolute atomic E-state index is 13.4. The first kappa shape index (κ1) is 24.3. The molecule has 6 nitrogen and oxygen atoms in total. The smallest absolute Gasteiger partial charge is 0.419 e. The number of aryl methyl sites for hydroxylation is 1. The Hall–Kier alpha value is -2.81. The summed E-state index contributed by atoms with van der Waals surface area (Å²) in [5.74, 6) is -1.44. The summed E-state index contributed by atoms with van der Waals surface area (Å²) in [6.07, 6.45) is 0.0712. The summed E-state index contributed by atoms with van der Waals surface area (Å²) < 4.78 is 46.8. The number of ether oxygens (including phenoxy) is 1. The molecule has 1 aromatic heterocycles. The molecule has 2 aromatic rings. The number of carboxylic acids is 1. The van der Waals surface area contributed by atoms with Gasteiger partial charge in [0.1, 0.15) is 17.2 Å². The molecule has 0 amide bonds. The molecular formula is C25H29F3N2O4. The van der Waals surface area contributed by atoms with Gasteiger partial charge in [0.2, 0.25) is 0 Å². The molecule has 1 aliphatic heterocycles. The summed E-state index contributed by atoms with van der Waals surface area (Å²) in [4.78, 5) is 16.9. The number of carboxylic acid groups (broad SMARTS) is 1. The average Bonchev–Trinajstić information content (AvgIpc) is 2.82. The van der Waals surface area contributed by atoms with Crippen LogP contribution in [0.1, 0.15) is 61.8 Å². The van der Waals surface area contributed by atoms with Gasteiger partial charge in [-0.3, -0.25) is 4.79 Å².